The third kappa shape index (κ3) is 3.26. The second kappa shape index (κ2) is 6.11. The number of aromatic nitrogens is 3. The number of ether oxygens (including phenoxy) is 1. The van der Waals surface area contributed by atoms with E-state index in [0.29, 0.717) is 12.4 Å². The van der Waals surface area contributed by atoms with Gasteiger partial charge in [-0.1, -0.05) is 6.07 Å². The fourth-order valence-corrected chi connectivity index (χ4v) is 2.67. The molecular formula is C15H15F3N4O. The maximum atomic E-state index is 12.6. The molecule has 0 N–H and O–H groups in total. The number of hydrogen-bond donors (Lipinski definition) is 0. The van der Waals surface area contributed by atoms with Crippen LogP contribution in [0.1, 0.15) is 23.8 Å². The molecule has 0 saturated carbocycles. The number of nitrogens with zero attached hydrogens (tertiary/aromatic N) is 4. The molecule has 2 aromatic heterocycles. The van der Waals surface area contributed by atoms with Crippen LogP contribution in [-0.4, -0.2) is 34.9 Å². The van der Waals surface area contributed by atoms with Crippen LogP contribution >= 0.6 is 0 Å². The summed E-state index contributed by atoms with van der Waals surface area (Å²) >= 11 is 0. The van der Waals surface area contributed by atoms with Crippen molar-refractivity contribution >= 4 is 5.82 Å². The van der Waals surface area contributed by atoms with Gasteiger partial charge in [-0.3, -0.25) is 4.98 Å². The topological polar surface area (TPSA) is 51.1 Å². The molecule has 0 bridgehead atoms. The quantitative estimate of drug-likeness (QED) is 0.869. The number of pyridine rings is 1. The lowest BCUT2D eigenvalue weighted by Gasteiger charge is -2.29. The molecule has 23 heavy (non-hydrogen) atoms. The summed E-state index contributed by atoms with van der Waals surface area (Å²) in [6.07, 6.45) is -0.525. The second-order valence-corrected chi connectivity index (χ2v) is 5.32. The van der Waals surface area contributed by atoms with Crippen LogP contribution in [-0.2, 0) is 10.9 Å². The maximum Gasteiger partial charge on any atom is 0.435 e. The van der Waals surface area contributed by atoms with Crippen LogP contribution in [0.3, 0.4) is 0 Å². The molecule has 1 fully saturated rings. The third-order valence-corrected chi connectivity index (χ3v) is 3.87. The molecule has 0 aliphatic carbocycles. The van der Waals surface area contributed by atoms with Crippen LogP contribution in [0.15, 0.2) is 36.7 Å². The third-order valence-electron chi connectivity index (χ3n) is 3.87. The second-order valence-electron chi connectivity index (χ2n) is 5.32. The average molecular weight is 324 g/mol. The van der Waals surface area contributed by atoms with Crippen molar-refractivity contribution in [3.63, 3.8) is 0 Å². The number of alkyl halides is 3. The summed E-state index contributed by atoms with van der Waals surface area (Å²) in [4.78, 5) is 5.89. The van der Waals surface area contributed by atoms with Gasteiger partial charge in [0.2, 0.25) is 0 Å². The minimum Gasteiger partial charge on any atom is -0.371 e. The van der Waals surface area contributed by atoms with Gasteiger partial charge in [0.05, 0.1) is 6.04 Å². The van der Waals surface area contributed by atoms with Crippen LogP contribution < -0.4 is 4.90 Å². The van der Waals surface area contributed by atoms with Gasteiger partial charge in [-0.25, -0.2) is 0 Å². The highest BCUT2D eigenvalue weighted by molar-refractivity contribution is 5.39. The van der Waals surface area contributed by atoms with Crippen molar-refractivity contribution in [2.45, 2.75) is 24.7 Å². The Kier molecular flexibility index (Phi) is 4.16. The number of rotatable bonds is 3. The Labute approximate surface area is 131 Å². The summed E-state index contributed by atoms with van der Waals surface area (Å²) in [6, 6.07) is 5.97. The molecular weight excluding hydrogens is 309 g/mol. The van der Waals surface area contributed by atoms with Gasteiger partial charge in [-0.15, -0.1) is 10.2 Å². The van der Waals surface area contributed by atoms with Gasteiger partial charge in [0.15, 0.2) is 11.5 Å². The van der Waals surface area contributed by atoms with Gasteiger partial charge in [0.1, 0.15) is 6.10 Å². The van der Waals surface area contributed by atoms with Gasteiger partial charge in [-0.05, 0) is 24.6 Å². The summed E-state index contributed by atoms with van der Waals surface area (Å²) in [6.45, 7) is 0.572. The molecule has 8 heteroatoms. The number of anilines is 1. The minimum absolute atomic E-state index is 0.0368. The Hall–Kier alpha value is -2.22. The predicted molar refractivity (Wildman–Crippen MR) is 76.8 cm³/mol. The molecule has 2 aromatic rings. The van der Waals surface area contributed by atoms with Crippen LogP contribution in [0.2, 0.25) is 0 Å². The fraction of sp³-hybridized carbons (Fsp3) is 0.400. The fourth-order valence-electron chi connectivity index (χ4n) is 2.67. The Morgan fingerprint density at radius 1 is 1.22 bits per heavy atom. The van der Waals surface area contributed by atoms with E-state index in [1.807, 2.05) is 12.1 Å². The van der Waals surface area contributed by atoms with Crippen LogP contribution in [0.25, 0.3) is 0 Å². The molecule has 0 amide bonds. The van der Waals surface area contributed by atoms with E-state index < -0.39 is 11.9 Å². The Bertz CT molecular complexity index is 648. The summed E-state index contributed by atoms with van der Waals surface area (Å²) in [7, 11) is 1.78. The van der Waals surface area contributed by atoms with E-state index >= 15 is 0 Å². The van der Waals surface area contributed by atoms with Crippen molar-refractivity contribution in [1.82, 2.24) is 15.2 Å². The molecule has 0 radical (unpaired) electrons. The lowest BCUT2D eigenvalue weighted by atomic mass is 10.0. The van der Waals surface area contributed by atoms with E-state index in [2.05, 4.69) is 15.2 Å². The largest absolute Gasteiger partial charge is 0.435 e. The standard InChI is InChI=1S/C15H15F3N4O/c1-22(13-5-4-12(20-21-13)15(16,17)18)11-6-8-23-14(11)10-3-2-7-19-9-10/h2-5,7,9,11,14H,6,8H2,1H3/t11-,14+/m0/s1. The Morgan fingerprint density at radius 2 is 2.04 bits per heavy atom. The van der Waals surface area contributed by atoms with Gasteiger partial charge in [0.25, 0.3) is 0 Å². The molecule has 3 rings (SSSR count). The zero-order valence-electron chi connectivity index (χ0n) is 12.4. The van der Waals surface area contributed by atoms with Crippen molar-refractivity contribution in [1.29, 1.82) is 0 Å². The first-order valence-corrected chi connectivity index (χ1v) is 7.12. The van der Waals surface area contributed by atoms with Crippen LogP contribution in [0, 0.1) is 0 Å². The molecule has 1 aliphatic rings. The first-order valence-electron chi connectivity index (χ1n) is 7.12. The number of halogens is 3. The predicted octanol–water partition coefficient (Wildman–Crippen LogP) is 2.86. The zero-order valence-corrected chi connectivity index (χ0v) is 12.4. The van der Waals surface area contributed by atoms with Crippen molar-refractivity contribution in [2.75, 3.05) is 18.6 Å². The molecule has 2 atom stereocenters. The van der Waals surface area contributed by atoms with E-state index in [0.717, 1.165) is 18.1 Å². The van der Waals surface area contributed by atoms with E-state index in [1.165, 1.54) is 6.07 Å². The van der Waals surface area contributed by atoms with E-state index in [-0.39, 0.29) is 12.1 Å². The molecule has 0 aromatic carbocycles. The normalized spacial score (nSPS) is 21.4. The SMILES string of the molecule is CN(c1ccc(C(F)(F)F)nn1)[C@H]1CCO[C@@H]1c1cccnc1. The molecule has 0 spiro atoms. The first kappa shape index (κ1) is 15.7. The van der Waals surface area contributed by atoms with Gasteiger partial charge in [-0.2, -0.15) is 13.2 Å². The maximum absolute atomic E-state index is 12.6. The Morgan fingerprint density at radius 3 is 2.65 bits per heavy atom. The zero-order chi connectivity index (χ0) is 16.4. The van der Waals surface area contributed by atoms with Crippen molar-refractivity contribution in [3.8, 4) is 0 Å². The summed E-state index contributed by atoms with van der Waals surface area (Å²) in [5.41, 5.74) is -0.0668. The van der Waals surface area contributed by atoms with Crippen LogP contribution in [0.5, 0.6) is 0 Å². The monoisotopic (exact) mass is 324 g/mol. The van der Waals surface area contributed by atoms with Crippen molar-refractivity contribution in [2.24, 2.45) is 0 Å². The van der Waals surface area contributed by atoms with Gasteiger partial charge in [0, 0.05) is 31.6 Å². The smallest absolute Gasteiger partial charge is 0.371 e. The summed E-state index contributed by atoms with van der Waals surface area (Å²) < 4.78 is 43.4. The molecule has 5 nitrogen and oxygen atoms in total. The highest BCUT2D eigenvalue weighted by Crippen LogP contribution is 2.34. The molecule has 3 heterocycles. The summed E-state index contributed by atoms with van der Waals surface area (Å²) in [5.74, 6) is 0.377. The molecule has 1 aliphatic heterocycles. The minimum atomic E-state index is -4.49. The summed E-state index contributed by atoms with van der Waals surface area (Å²) in [5, 5.41) is 6.97. The van der Waals surface area contributed by atoms with E-state index in [9.17, 15) is 13.2 Å². The highest BCUT2D eigenvalue weighted by atomic mass is 19.4. The highest BCUT2D eigenvalue weighted by Gasteiger charge is 2.35. The average Bonchev–Trinajstić information content (AvgIpc) is 3.04. The van der Waals surface area contributed by atoms with Crippen LogP contribution in [0.4, 0.5) is 19.0 Å². The van der Waals surface area contributed by atoms with Crippen molar-refractivity contribution in [3.05, 3.63) is 47.9 Å². The Balaban J connectivity index is 1.80. The van der Waals surface area contributed by atoms with E-state index in [1.54, 1.807) is 24.3 Å². The molecule has 1 saturated heterocycles. The lowest BCUT2D eigenvalue weighted by molar-refractivity contribution is -0.141. The number of hydrogen-bond acceptors (Lipinski definition) is 5. The lowest BCUT2D eigenvalue weighted by Crippen LogP contribution is -2.35. The van der Waals surface area contributed by atoms with Crippen molar-refractivity contribution < 1.29 is 17.9 Å². The molecule has 0 unspecified atom stereocenters. The first-order chi connectivity index (χ1) is 11.0. The number of likely N-dealkylation sites (N-methyl/N-ethyl adjacent to an activating group) is 1. The van der Waals surface area contributed by atoms with Gasteiger partial charge < -0.3 is 9.64 Å². The van der Waals surface area contributed by atoms with E-state index in [4.69, 9.17) is 4.74 Å². The molecule has 122 valence electrons. The van der Waals surface area contributed by atoms with Gasteiger partial charge >= 0.3 is 6.18 Å².